The number of benzene rings is 2. The first-order chi connectivity index (χ1) is 13.0. The first-order valence-electron chi connectivity index (χ1n) is 9.16. The number of para-hydroxylation sites is 1. The molecule has 1 aliphatic heterocycles. The molecule has 140 valence electrons. The molecule has 0 saturated carbocycles. The molecule has 2 heterocycles. The molecule has 1 atom stereocenters. The number of hydrogen-bond donors (Lipinski definition) is 1. The Hall–Kier alpha value is -2.44. The number of aromatic nitrogens is 2. The summed E-state index contributed by atoms with van der Waals surface area (Å²) in [6, 6.07) is 18.2. The highest BCUT2D eigenvalue weighted by Crippen LogP contribution is 2.27. The maximum atomic E-state index is 11.7. The van der Waals surface area contributed by atoms with Gasteiger partial charge in [-0.1, -0.05) is 42.5 Å². The first kappa shape index (κ1) is 17.9. The van der Waals surface area contributed by atoms with Crippen molar-refractivity contribution in [3.63, 3.8) is 0 Å². The van der Waals surface area contributed by atoms with E-state index >= 15 is 0 Å². The van der Waals surface area contributed by atoms with Crippen LogP contribution in [0, 0.1) is 6.92 Å². The van der Waals surface area contributed by atoms with E-state index in [0.29, 0.717) is 13.0 Å². The zero-order valence-electron chi connectivity index (χ0n) is 15.3. The molecular formula is C21H23N3O2S. The van der Waals surface area contributed by atoms with Gasteiger partial charge in [0.15, 0.2) is 9.84 Å². The first-order valence-corrected chi connectivity index (χ1v) is 11.0. The molecule has 1 aliphatic rings. The molecule has 1 N–H and O–H groups in total. The van der Waals surface area contributed by atoms with Crippen molar-refractivity contribution in [2.75, 3.05) is 11.5 Å². The van der Waals surface area contributed by atoms with E-state index in [1.807, 2.05) is 53.3 Å². The third-order valence-corrected chi connectivity index (χ3v) is 6.79. The average molecular weight is 382 g/mol. The summed E-state index contributed by atoms with van der Waals surface area (Å²) in [6.45, 7) is 2.67. The van der Waals surface area contributed by atoms with Gasteiger partial charge in [0.2, 0.25) is 0 Å². The minimum atomic E-state index is -2.89. The molecule has 4 rings (SSSR count). The fourth-order valence-corrected chi connectivity index (χ4v) is 5.24. The van der Waals surface area contributed by atoms with E-state index in [1.54, 1.807) is 0 Å². The predicted molar refractivity (Wildman–Crippen MR) is 108 cm³/mol. The number of nitrogens with zero attached hydrogens (tertiary/aromatic N) is 2. The second-order valence-corrected chi connectivity index (χ2v) is 9.31. The molecule has 0 spiro atoms. The second kappa shape index (κ2) is 7.29. The quantitative estimate of drug-likeness (QED) is 0.738. The molecule has 1 unspecified atom stereocenters. The van der Waals surface area contributed by atoms with Gasteiger partial charge in [-0.3, -0.25) is 0 Å². The van der Waals surface area contributed by atoms with E-state index in [-0.39, 0.29) is 17.5 Å². The molecule has 5 nitrogen and oxygen atoms in total. The molecule has 1 fully saturated rings. The Morgan fingerprint density at radius 1 is 1.11 bits per heavy atom. The zero-order valence-corrected chi connectivity index (χ0v) is 16.1. The van der Waals surface area contributed by atoms with E-state index in [9.17, 15) is 8.42 Å². The summed E-state index contributed by atoms with van der Waals surface area (Å²) in [7, 11) is -2.89. The van der Waals surface area contributed by atoms with Crippen LogP contribution in [0.3, 0.4) is 0 Å². The maximum Gasteiger partial charge on any atom is 0.151 e. The van der Waals surface area contributed by atoms with Crippen LogP contribution in [-0.4, -0.2) is 35.7 Å². The molecule has 0 bridgehead atoms. The highest BCUT2D eigenvalue weighted by atomic mass is 32.2. The monoisotopic (exact) mass is 381 g/mol. The minimum absolute atomic E-state index is 0.0137. The van der Waals surface area contributed by atoms with Crippen molar-refractivity contribution < 1.29 is 8.42 Å². The summed E-state index contributed by atoms with van der Waals surface area (Å²) in [5.41, 5.74) is 5.27. The lowest BCUT2D eigenvalue weighted by Gasteiger charge is -2.11. The highest BCUT2D eigenvalue weighted by molar-refractivity contribution is 7.91. The Morgan fingerprint density at radius 3 is 2.56 bits per heavy atom. The molecule has 0 radical (unpaired) electrons. The Morgan fingerprint density at radius 2 is 1.85 bits per heavy atom. The van der Waals surface area contributed by atoms with Crippen LogP contribution in [-0.2, 0) is 16.4 Å². The summed E-state index contributed by atoms with van der Waals surface area (Å²) in [5.74, 6) is 0.498. The van der Waals surface area contributed by atoms with Gasteiger partial charge < -0.3 is 5.32 Å². The predicted octanol–water partition coefficient (Wildman–Crippen LogP) is 3.12. The van der Waals surface area contributed by atoms with Crippen LogP contribution in [0.25, 0.3) is 16.9 Å². The van der Waals surface area contributed by atoms with Crippen LogP contribution in [0.1, 0.15) is 17.5 Å². The summed E-state index contributed by atoms with van der Waals surface area (Å²) in [6.07, 6.45) is 2.71. The molecule has 6 heteroatoms. The number of nitrogens with one attached hydrogen (secondary N) is 1. The van der Waals surface area contributed by atoms with E-state index in [2.05, 4.69) is 24.4 Å². The minimum Gasteiger partial charge on any atom is -0.309 e. The van der Waals surface area contributed by atoms with Gasteiger partial charge in [0, 0.05) is 29.9 Å². The fraction of sp³-hybridized carbons (Fsp3) is 0.286. The SMILES string of the molecule is Cc1ccccc1-c1nn(-c2ccccc2)cc1CNC1CCS(=O)(=O)C1. The topological polar surface area (TPSA) is 64.0 Å². The molecule has 1 saturated heterocycles. The summed E-state index contributed by atoms with van der Waals surface area (Å²) in [5, 5.41) is 8.26. The molecular weight excluding hydrogens is 358 g/mol. The summed E-state index contributed by atoms with van der Waals surface area (Å²) in [4.78, 5) is 0. The van der Waals surface area contributed by atoms with E-state index < -0.39 is 9.84 Å². The third kappa shape index (κ3) is 3.96. The second-order valence-electron chi connectivity index (χ2n) is 7.08. The lowest BCUT2D eigenvalue weighted by atomic mass is 10.0. The Kier molecular flexibility index (Phi) is 4.85. The van der Waals surface area contributed by atoms with Gasteiger partial charge in [0.1, 0.15) is 0 Å². The number of sulfone groups is 1. The summed E-state index contributed by atoms with van der Waals surface area (Å²) < 4.78 is 25.3. The van der Waals surface area contributed by atoms with Gasteiger partial charge in [-0.25, -0.2) is 13.1 Å². The number of aryl methyl sites for hydroxylation is 1. The molecule has 1 aromatic heterocycles. The van der Waals surface area contributed by atoms with E-state index in [4.69, 9.17) is 5.10 Å². The normalized spacial score (nSPS) is 18.6. The zero-order chi connectivity index (χ0) is 18.9. The van der Waals surface area contributed by atoms with Crippen LogP contribution in [0.15, 0.2) is 60.8 Å². The van der Waals surface area contributed by atoms with Crippen molar-refractivity contribution in [1.29, 1.82) is 0 Å². The van der Waals surface area contributed by atoms with Crippen LogP contribution in [0.4, 0.5) is 0 Å². The molecule has 0 aliphatic carbocycles. The molecule has 27 heavy (non-hydrogen) atoms. The average Bonchev–Trinajstić information content (AvgIpc) is 3.24. The van der Waals surface area contributed by atoms with Crippen molar-refractivity contribution in [2.24, 2.45) is 0 Å². The van der Waals surface area contributed by atoms with Gasteiger partial charge in [-0.05, 0) is 31.0 Å². The molecule has 3 aromatic rings. The van der Waals surface area contributed by atoms with Gasteiger partial charge in [-0.2, -0.15) is 5.10 Å². The largest absolute Gasteiger partial charge is 0.309 e. The van der Waals surface area contributed by atoms with Gasteiger partial charge in [0.25, 0.3) is 0 Å². The van der Waals surface area contributed by atoms with Crippen LogP contribution in [0.2, 0.25) is 0 Å². The highest BCUT2D eigenvalue weighted by Gasteiger charge is 2.27. The number of rotatable bonds is 5. The third-order valence-electron chi connectivity index (χ3n) is 5.02. The van der Waals surface area contributed by atoms with Crippen LogP contribution >= 0.6 is 0 Å². The van der Waals surface area contributed by atoms with Gasteiger partial charge in [0.05, 0.1) is 22.9 Å². The van der Waals surface area contributed by atoms with E-state index in [0.717, 1.165) is 22.5 Å². The van der Waals surface area contributed by atoms with Crippen molar-refractivity contribution in [3.05, 3.63) is 71.9 Å². The van der Waals surface area contributed by atoms with Crippen molar-refractivity contribution in [3.8, 4) is 16.9 Å². The van der Waals surface area contributed by atoms with Crippen LogP contribution in [0.5, 0.6) is 0 Å². The van der Waals surface area contributed by atoms with Gasteiger partial charge >= 0.3 is 0 Å². The standard InChI is InChI=1S/C21H23N3O2S/c1-16-7-5-6-10-20(16)21-17(13-22-18-11-12-27(25,26)15-18)14-24(23-21)19-8-3-2-4-9-19/h2-10,14,18,22H,11-13,15H2,1H3. The van der Waals surface area contributed by atoms with E-state index in [1.165, 1.54) is 5.56 Å². The summed E-state index contributed by atoms with van der Waals surface area (Å²) >= 11 is 0. The smallest absolute Gasteiger partial charge is 0.151 e. The Bertz CT molecular complexity index is 1040. The van der Waals surface area contributed by atoms with Crippen molar-refractivity contribution in [2.45, 2.75) is 25.9 Å². The van der Waals surface area contributed by atoms with Gasteiger partial charge in [-0.15, -0.1) is 0 Å². The fourth-order valence-electron chi connectivity index (χ4n) is 3.53. The van der Waals surface area contributed by atoms with Crippen LogP contribution < -0.4 is 5.32 Å². The lowest BCUT2D eigenvalue weighted by Crippen LogP contribution is -2.29. The maximum absolute atomic E-state index is 11.7. The molecule has 2 aromatic carbocycles. The Balaban J connectivity index is 1.66. The lowest BCUT2D eigenvalue weighted by molar-refractivity contribution is 0.554. The number of hydrogen-bond acceptors (Lipinski definition) is 4. The molecule has 0 amide bonds. The van der Waals surface area contributed by atoms with Crippen molar-refractivity contribution in [1.82, 2.24) is 15.1 Å². The van der Waals surface area contributed by atoms with Crippen molar-refractivity contribution >= 4 is 9.84 Å². The Labute approximate surface area is 160 Å².